The van der Waals surface area contributed by atoms with Gasteiger partial charge < -0.3 is 10.2 Å². The van der Waals surface area contributed by atoms with Crippen molar-refractivity contribution in [1.29, 1.82) is 0 Å². The van der Waals surface area contributed by atoms with E-state index in [-0.39, 0.29) is 5.82 Å². The van der Waals surface area contributed by atoms with Crippen LogP contribution in [0, 0.1) is 11.7 Å². The largest absolute Gasteiger partial charge is 0.366 e. The minimum Gasteiger partial charge on any atom is -0.366 e. The molecule has 0 bridgehead atoms. The number of benzene rings is 1. The fourth-order valence-electron chi connectivity index (χ4n) is 2.63. The predicted octanol–water partition coefficient (Wildman–Crippen LogP) is 3.95. The van der Waals surface area contributed by atoms with Gasteiger partial charge >= 0.3 is 0 Å². The van der Waals surface area contributed by atoms with Crippen molar-refractivity contribution < 1.29 is 4.39 Å². The summed E-state index contributed by atoms with van der Waals surface area (Å²) in [5.41, 5.74) is 1.92. The molecule has 3 heteroatoms. The van der Waals surface area contributed by atoms with Crippen LogP contribution >= 0.6 is 0 Å². The Labute approximate surface area is 122 Å². The molecule has 1 aliphatic rings. The summed E-state index contributed by atoms with van der Waals surface area (Å²) in [5.74, 6) is 0.472. The van der Waals surface area contributed by atoms with Gasteiger partial charge in [0.15, 0.2) is 0 Å². The van der Waals surface area contributed by atoms with Gasteiger partial charge in [0.1, 0.15) is 5.82 Å². The molecule has 1 aliphatic carbocycles. The molecule has 1 fully saturated rings. The standard InChI is InChI=1S/C17H27FN2/c1-4-10-19-11-14-6-5-7-16(18)17(14)20(12-13(2)3)15-8-9-15/h5-7,13,15,19H,4,8-12H2,1-3H3. The van der Waals surface area contributed by atoms with Crippen LogP contribution in [0.4, 0.5) is 10.1 Å². The lowest BCUT2D eigenvalue weighted by Gasteiger charge is -2.29. The highest BCUT2D eigenvalue weighted by Gasteiger charge is 2.32. The van der Waals surface area contributed by atoms with E-state index in [1.165, 1.54) is 12.8 Å². The van der Waals surface area contributed by atoms with Crippen molar-refractivity contribution in [2.75, 3.05) is 18.0 Å². The SMILES string of the molecule is CCCNCc1cccc(F)c1N(CC(C)C)C1CC1. The third kappa shape index (κ3) is 3.95. The maximum absolute atomic E-state index is 14.4. The number of hydrogen-bond donors (Lipinski definition) is 1. The Morgan fingerprint density at radius 3 is 2.70 bits per heavy atom. The number of para-hydroxylation sites is 1. The number of anilines is 1. The van der Waals surface area contributed by atoms with Gasteiger partial charge in [0.25, 0.3) is 0 Å². The van der Waals surface area contributed by atoms with Gasteiger partial charge in [-0.1, -0.05) is 32.9 Å². The summed E-state index contributed by atoms with van der Waals surface area (Å²) >= 11 is 0. The molecule has 1 aromatic rings. The first-order valence-corrected chi connectivity index (χ1v) is 7.88. The molecule has 20 heavy (non-hydrogen) atoms. The monoisotopic (exact) mass is 278 g/mol. The molecule has 0 saturated heterocycles. The van der Waals surface area contributed by atoms with Crippen LogP contribution < -0.4 is 10.2 Å². The predicted molar refractivity (Wildman–Crippen MR) is 83.6 cm³/mol. The summed E-state index contributed by atoms with van der Waals surface area (Å²) in [6.07, 6.45) is 3.49. The minimum absolute atomic E-state index is 0.0756. The molecular formula is C17H27FN2. The number of nitrogens with one attached hydrogen (secondary N) is 1. The highest BCUT2D eigenvalue weighted by atomic mass is 19.1. The van der Waals surface area contributed by atoms with E-state index >= 15 is 0 Å². The number of rotatable bonds is 8. The zero-order valence-corrected chi connectivity index (χ0v) is 13.0. The summed E-state index contributed by atoms with van der Waals surface area (Å²) in [5, 5.41) is 3.39. The molecule has 1 N–H and O–H groups in total. The maximum atomic E-state index is 14.4. The fourth-order valence-corrected chi connectivity index (χ4v) is 2.63. The molecule has 0 spiro atoms. The Morgan fingerprint density at radius 1 is 1.35 bits per heavy atom. The first kappa shape index (κ1) is 15.3. The molecule has 2 rings (SSSR count). The summed E-state index contributed by atoms with van der Waals surface area (Å²) < 4.78 is 14.4. The third-order valence-electron chi connectivity index (χ3n) is 3.65. The summed E-state index contributed by atoms with van der Waals surface area (Å²) in [7, 11) is 0. The Bertz CT molecular complexity index is 427. The third-order valence-corrected chi connectivity index (χ3v) is 3.65. The van der Waals surface area contributed by atoms with Crippen LogP contribution in [0.3, 0.4) is 0 Å². The van der Waals surface area contributed by atoms with E-state index in [4.69, 9.17) is 0 Å². The molecule has 0 unspecified atom stereocenters. The summed E-state index contributed by atoms with van der Waals surface area (Å²) in [4.78, 5) is 2.29. The average molecular weight is 278 g/mol. The molecule has 1 saturated carbocycles. The van der Waals surface area contributed by atoms with Crippen molar-refractivity contribution in [3.8, 4) is 0 Å². The Balaban J connectivity index is 2.22. The quantitative estimate of drug-likeness (QED) is 0.724. The molecule has 2 nitrogen and oxygen atoms in total. The van der Waals surface area contributed by atoms with Gasteiger partial charge in [-0.15, -0.1) is 0 Å². The number of hydrogen-bond acceptors (Lipinski definition) is 2. The highest BCUT2D eigenvalue weighted by Crippen LogP contribution is 2.35. The second kappa shape index (κ2) is 7.07. The second-order valence-electron chi connectivity index (χ2n) is 6.20. The first-order chi connectivity index (χ1) is 9.63. The van der Waals surface area contributed by atoms with Gasteiger partial charge in [-0.05, 0) is 43.4 Å². The Kier molecular flexibility index (Phi) is 5.41. The molecule has 0 aliphatic heterocycles. The summed E-state index contributed by atoms with van der Waals surface area (Å²) in [6, 6.07) is 6.01. The maximum Gasteiger partial charge on any atom is 0.146 e. The van der Waals surface area contributed by atoms with E-state index in [0.29, 0.717) is 12.0 Å². The van der Waals surface area contributed by atoms with Crippen molar-refractivity contribution >= 4 is 5.69 Å². The van der Waals surface area contributed by atoms with Gasteiger partial charge in [-0.25, -0.2) is 4.39 Å². The normalized spacial score (nSPS) is 14.8. The summed E-state index contributed by atoms with van der Waals surface area (Å²) in [6.45, 7) is 9.21. The molecule has 1 aromatic carbocycles. The van der Waals surface area contributed by atoms with Crippen LogP contribution in [-0.2, 0) is 6.54 Å². The van der Waals surface area contributed by atoms with Crippen LogP contribution in [0.15, 0.2) is 18.2 Å². The molecule has 112 valence electrons. The van der Waals surface area contributed by atoms with E-state index in [2.05, 4.69) is 37.1 Å². The fraction of sp³-hybridized carbons (Fsp3) is 0.647. The van der Waals surface area contributed by atoms with E-state index in [0.717, 1.165) is 37.3 Å². The lowest BCUT2D eigenvalue weighted by atomic mass is 10.1. The van der Waals surface area contributed by atoms with E-state index < -0.39 is 0 Å². The second-order valence-corrected chi connectivity index (χ2v) is 6.20. The molecule has 0 aromatic heterocycles. The van der Waals surface area contributed by atoms with Crippen LogP contribution in [-0.4, -0.2) is 19.1 Å². The van der Waals surface area contributed by atoms with E-state index in [1.54, 1.807) is 6.07 Å². The van der Waals surface area contributed by atoms with Crippen LogP contribution in [0.2, 0.25) is 0 Å². The van der Waals surface area contributed by atoms with Crippen LogP contribution in [0.1, 0.15) is 45.6 Å². The zero-order valence-electron chi connectivity index (χ0n) is 13.0. The van der Waals surface area contributed by atoms with Gasteiger partial charge in [0, 0.05) is 19.1 Å². The topological polar surface area (TPSA) is 15.3 Å². The van der Waals surface area contributed by atoms with E-state index in [9.17, 15) is 4.39 Å². The van der Waals surface area contributed by atoms with Crippen LogP contribution in [0.5, 0.6) is 0 Å². The average Bonchev–Trinajstić information content (AvgIpc) is 3.21. The lowest BCUT2D eigenvalue weighted by Crippen LogP contribution is -2.32. The van der Waals surface area contributed by atoms with Gasteiger partial charge in [0.2, 0.25) is 0 Å². The Morgan fingerprint density at radius 2 is 2.10 bits per heavy atom. The number of nitrogens with zero attached hydrogens (tertiary/aromatic N) is 1. The first-order valence-electron chi connectivity index (χ1n) is 7.88. The molecule has 0 radical (unpaired) electrons. The lowest BCUT2D eigenvalue weighted by molar-refractivity contribution is 0.571. The Hall–Kier alpha value is -1.09. The number of halogens is 1. The molecular weight excluding hydrogens is 251 g/mol. The van der Waals surface area contributed by atoms with Crippen molar-refractivity contribution in [2.24, 2.45) is 5.92 Å². The van der Waals surface area contributed by atoms with Crippen molar-refractivity contribution in [3.63, 3.8) is 0 Å². The van der Waals surface area contributed by atoms with Gasteiger partial charge in [-0.3, -0.25) is 0 Å². The van der Waals surface area contributed by atoms with Gasteiger partial charge in [0.05, 0.1) is 5.69 Å². The minimum atomic E-state index is -0.0756. The van der Waals surface area contributed by atoms with E-state index in [1.807, 2.05) is 6.07 Å². The highest BCUT2D eigenvalue weighted by molar-refractivity contribution is 5.56. The zero-order chi connectivity index (χ0) is 14.5. The van der Waals surface area contributed by atoms with Crippen LogP contribution in [0.25, 0.3) is 0 Å². The molecule has 0 heterocycles. The smallest absolute Gasteiger partial charge is 0.146 e. The molecule has 0 atom stereocenters. The van der Waals surface area contributed by atoms with Gasteiger partial charge in [-0.2, -0.15) is 0 Å². The van der Waals surface area contributed by atoms with Crippen molar-refractivity contribution in [2.45, 2.75) is 52.6 Å². The van der Waals surface area contributed by atoms with Crippen molar-refractivity contribution in [1.82, 2.24) is 5.32 Å². The van der Waals surface area contributed by atoms with Crippen molar-refractivity contribution in [3.05, 3.63) is 29.6 Å². The molecule has 0 amide bonds.